The molecule has 0 saturated carbocycles. The Bertz CT molecular complexity index is 1170. The van der Waals surface area contributed by atoms with Crippen molar-refractivity contribution in [1.29, 1.82) is 0 Å². The fourth-order valence-corrected chi connectivity index (χ4v) is 4.29. The molecule has 1 amide bonds. The van der Waals surface area contributed by atoms with E-state index < -0.39 is 30.0 Å². The molecule has 0 bridgehead atoms. The number of halogens is 3. The van der Waals surface area contributed by atoms with Gasteiger partial charge >= 0.3 is 12.3 Å². The van der Waals surface area contributed by atoms with Gasteiger partial charge in [0.25, 0.3) is 0 Å². The first kappa shape index (κ1) is 24.6. The van der Waals surface area contributed by atoms with Crippen molar-refractivity contribution < 1.29 is 37.7 Å². The largest absolute Gasteiger partial charge is 0.496 e. The topological polar surface area (TPSA) is 88.0 Å². The van der Waals surface area contributed by atoms with Crippen molar-refractivity contribution in [3.63, 3.8) is 0 Å². The monoisotopic (exact) mass is 487 g/mol. The summed E-state index contributed by atoms with van der Waals surface area (Å²) in [4.78, 5) is 12.3. The van der Waals surface area contributed by atoms with E-state index in [4.69, 9.17) is 9.47 Å². The van der Waals surface area contributed by atoms with Gasteiger partial charge in [-0.2, -0.15) is 13.2 Å². The third kappa shape index (κ3) is 5.11. The molecule has 3 aromatic carbocycles. The molecule has 2 atom stereocenters. The molecule has 9 heteroatoms. The number of ether oxygens (including phenoxy) is 2. The molecule has 0 heterocycles. The van der Waals surface area contributed by atoms with E-state index >= 15 is 0 Å². The van der Waals surface area contributed by atoms with Crippen molar-refractivity contribution in [3.8, 4) is 16.9 Å². The predicted molar refractivity (Wildman–Crippen MR) is 122 cm³/mol. The summed E-state index contributed by atoms with van der Waals surface area (Å²) in [7, 11) is 1.16. The Kier molecular flexibility index (Phi) is 7.00. The minimum absolute atomic E-state index is 0.0395. The van der Waals surface area contributed by atoms with E-state index in [1.807, 2.05) is 48.5 Å². The Labute approximate surface area is 199 Å². The van der Waals surface area contributed by atoms with E-state index in [-0.39, 0.29) is 30.4 Å². The molecular formula is C26H24F3NO5. The molecule has 0 saturated heterocycles. The maximum absolute atomic E-state index is 12.9. The molecule has 3 aromatic rings. The summed E-state index contributed by atoms with van der Waals surface area (Å²) < 4.78 is 49.1. The zero-order valence-electron chi connectivity index (χ0n) is 18.8. The van der Waals surface area contributed by atoms with Crippen molar-refractivity contribution in [1.82, 2.24) is 5.32 Å². The zero-order valence-corrected chi connectivity index (χ0v) is 18.8. The molecule has 6 nitrogen and oxygen atoms in total. The van der Waals surface area contributed by atoms with Crippen LogP contribution in [-0.4, -0.2) is 42.7 Å². The number of hydrogen-bond donors (Lipinski definition) is 3. The van der Waals surface area contributed by atoms with Crippen LogP contribution in [0.3, 0.4) is 0 Å². The Morgan fingerprint density at radius 3 is 2.17 bits per heavy atom. The number of aliphatic hydroxyl groups excluding tert-OH is 2. The summed E-state index contributed by atoms with van der Waals surface area (Å²) in [6.45, 7) is -0.312. The first-order chi connectivity index (χ1) is 16.7. The Balaban J connectivity index is 1.36. The van der Waals surface area contributed by atoms with Crippen LogP contribution in [0, 0.1) is 0 Å². The lowest BCUT2D eigenvalue weighted by molar-refractivity contribution is -0.137. The number of benzene rings is 3. The number of amides is 1. The van der Waals surface area contributed by atoms with Crippen molar-refractivity contribution in [2.45, 2.75) is 24.3 Å². The first-order valence-electron chi connectivity index (χ1n) is 10.9. The van der Waals surface area contributed by atoms with Crippen molar-refractivity contribution in [3.05, 3.63) is 89.0 Å². The lowest BCUT2D eigenvalue weighted by atomic mass is 9.98. The Morgan fingerprint density at radius 2 is 1.60 bits per heavy atom. The van der Waals surface area contributed by atoms with Gasteiger partial charge < -0.3 is 25.0 Å². The molecule has 1 aliphatic carbocycles. The lowest BCUT2D eigenvalue weighted by Gasteiger charge is -2.21. The minimum atomic E-state index is -4.58. The van der Waals surface area contributed by atoms with Gasteiger partial charge in [-0.15, -0.1) is 0 Å². The second-order valence-electron chi connectivity index (χ2n) is 8.17. The first-order valence-corrected chi connectivity index (χ1v) is 10.9. The van der Waals surface area contributed by atoms with Gasteiger partial charge in [0.2, 0.25) is 0 Å². The van der Waals surface area contributed by atoms with E-state index in [1.165, 1.54) is 0 Å². The lowest BCUT2D eigenvalue weighted by Crippen LogP contribution is -2.36. The van der Waals surface area contributed by atoms with Crippen molar-refractivity contribution >= 4 is 6.09 Å². The second-order valence-corrected chi connectivity index (χ2v) is 8.17. The Morgan fingerprint density at radius 1 is 1.00 bits per heavy atom. The van der Waals surface area contributed by atoms with Crippen LogP contribution in [-0.2, 0) is 10.9 Å². The standard InChI is InChI=1S/C26H24F3NO5/c1-34-23-12-15(26(27,28)29)10-11-20(23)24(32)22(31)13-30-25(33)35-14-21-18-8-4-2-6-16(18)17-7-3-5-9-19(17)21/h2-12,21-22,24,31-32H,13-14H2,1H3,(H,30,33). The van der Waals surface area contributed by atoms with Crippen LogP contribution >= 0.6 is 0 Å². The van der Waals surface area contributed by atoms with Gasteiger partial charge in [0.15, 0.2) is 0 Å². The highest BCUT2D eigenvalue weighted by Crippen LogP contribution is 2.44. The third-order valence-electron chi connectivity index (χ3n) is 6.04. The van der Waals surface area contributed by atoms with E-state index in [2.05, 4.69) is 5.32 Å². The molecule has 0 fully saturated rings. The van der Waals surface area contributed by atoms with Gasteiger partial charge in [-0.05, 0) is 34.4 Å². The molecule has 35 heavy (non-hydrogen) atoms. The molecule has 4 rings (SSSR count). The van der Waals surface area contributed by atoms with E-state index in [0.29, 0.717) is 0 Å². The van der Waals surface area contributed by atoms with Crippen LogP contribution in [0.1, 0.15) is 34.3 Å². The van der Waals surface area contributed by atoms with Crippen LogP contribution in [0.2, 0.25) is 0 Å². The third-order valence-corrected chi connectivity index (χ3v) is 6.04. The van der Waals surface area contributed by atoms with Gasteiger partial charge in [0, 0.05) is 18.0 Å². The average Bonchev–Trinajstić information content (AvgIpc) is 3.18. The van der Waals surface area contributed by atoms with Gasteiger partial charge in [-0.1, -0.05) is 54.6 Å². The minimum Gasteiger partial charge on any atom is -0.496 e. The summed E-state index contributed by atoms with van der Waals surface area (Å²) in [5.74, 6) is -0.368. The fraction of sp³-hybridized carbons (Fsp3) is 0.269. The van der Waals surface area contributed by atoms with Gasteiger partial charge in [0.1, 0.15) is 24.6 Å². The number of carbonyl (C=O) groups is 1. The number of fused-ring (bicyclic) bond motifs is 3. The molecular weight excluding hydrogens is 463 g/mol. The molecule has 0 spiro atoms. The van der Waals surface area contributed by atoms with E-state index in [0.717, 1.165) is 47.6 Å². The van der Waals surface area contributed by atoms with Crippen molar-refractivity contribution in [2.75, 3.05) is 20.3 Å². The van der Waals surface area contributed by atoms with Crippen LogP contribution in [0.5, 0.6) is 5.75 Å². The molecule has 2 unspecified atom stereocenters. The number of rotatable bonds is 7. The molecule has 0 radical (unpaired) electrons. The normalized spacial score (nSPS) is 14.6. The van der Waals surface area contributed by atoms with Crippen LogP contribution in [0.4, 0.5) is 18.0 Å². The summed E-state index contributed by atoms with van der Waals surface area (Å²) >= 11 is 0. The second kappa shape index (κ2) is 9.97. The van der Waals surface area contributed by atoms with Crippen molar-refractivity contribution in [2.24, 2.45) is 0 Å². The van der Waals surface area contributed by atoms with Crippen LogP contribution < -0.4 is 10.1 Å². The SMILES string of the molecule is COc1cc(C(F)(F)F)ccc1C(O)C(O)CNC(=O)OCC1c2ccccc2-c2ccccc21. The summed E-state index contributed by atoms with van der Waals surface area (Å²) in [6.07, 6.45) is -8.49. The number of aliphatic hydroxyl groups is 2. The number of alkyl halides is 3. The van der Waals surface area contributed by atoms with Crippen LogP contribution in [0.15, 0.2) is 66.7 Å². The maximum atomic E-state index is 12.9. The quantitative estimate of drug-likeness (QED) is 0.452. The number of alkyl carbamates (subject to hydrolysis) is 1. The highest BCUT2D eigenvalue weighted by Gasteiger charge is 2.33. The van der Waals surface area contributed by atoms with Gasteiger partial charge in [-0.3, -0.25) is 0 Å². The number of carbonyl (C=O) groups excluding carboxylic acids is 1. The average molecular weight is 487 g/mol. The van der Waals surface area contributed by atoms with Gasteiger partial charge in [0.05, 0.1) is 12.7 Å². The zero-order chi connectivity index (χ0) is 25.2. The smallest absolute Gasteiger partial charge is 0.416 e. The summed E-state index contributed by atoms with van der Waals surface area (Å²) in [5.41, 5.74) is 3.28. The molecule has 0 aliphatic heterocycles. The molecule has 184 valence electrons. The summed E-state index contributed by atoms with van der Waals surface area (Å²) in [5, 5.41) is 23.1. The van der Waals surface area contributed by atoms with E-state index in [9.17, 15) is 28.2 Å². The van der Waals surface area contributed by atoms with Crippen LogP contribution in [0.25, 0.3) is 11.1 Å². The molecule has 1 aliphatic rings. The predicted octanol–water partition coefficient (Wildman–Crippen LogP) is 4.65. The molecule has 3 N–H and O–H groups in total. The van der Waals surface area contributed by atoms with E-state index in [1.54, 1.807) is 0 Å². The Hall–Kier alpha value is -3.56. The number of nitrogens with one attached hydrogen (secondary N) is 1. The highest BCUT2D eigenvalue weighted by atomic mass is 19.4. The number of methoxy groups -OCH3 is 1. The maximum Gasteiger partial charge on any atom is 0.416 e. The van der Waals surface area contributed by atoms with Gasteiger partial charge in [-0.25, -0.2) is 4.79 Å². The summed E-state index contributed by atoms with van der Waals surface area (Å²) in [6, 6.07) is 18.3. The highest BCUT2D eigenvalue weighted by molar-refractivity contribution is 5.79. The molecule has 0 aromatic heterocycles. The fourth-order valence-electron chi connectivity index (χ4n) is 4.29. The number of hydrogen-bond acceptors (Lipinski definition) is 5.